The van der Waals surface area contributed by atoms with E-state index >= 15 is 0 Å². The SMILES string of the molecule is CC(C)(C)C1=CC(=C/N=N/c2ccc([N+](=O)[O-])cc2)C=C(C(C)(C)C)C1=O. The van der Waals surface area contributed by atoms with Gasteiger partial charge in [0.05, 0.1) is 16.8 Å². The van der Waals surface area contributed by atoms with Crippen molar-refractivity contribution in [2.75, 3.05) is 0 Å². The van der Waals surface area contributed by atoms with Crippen molar-refractivity contribution < 1.29 is 9.72 Å². The van der Waals surface area contributed by atoms with E-state index in [0.717, 1.165) is 16.7 Å². The zero-order valence-corrected chi connectivity index (χ0v) is 16.6. The summed E-state index contributed by atoms with van der Waals surface area (Å²) in [4.78, 5) is 23.1. The maximum absolute atomic E-state index is 12.9. The number of hydrogen-bond acceptors (Lipinski definition) is 5. The molecule has 0 aliphatic heterocycles. The van der Waals surface area contributed by atoms with Crippen LogP contribution in [0.2, 0.25) is 0 Å². The lowest BCUT2D eigenvalue weighted by Crippen LogP contribution is -2.27. The van der Waals surface area contributed by atoms with E-state index in [9.17, 15) is 14.9 Å². The zero-order valence-electron chi connectivity index (χ0n) is 16.6. The molecule has 0 heterocycles. The molecule has 0 bridgehead atoms. The molecule has 0 fully saturated rings. The second kappa shape index (κ2) is 7.39. The third-order valence-corrected chi connectivity index (χ3v) is 4.17. The highest BCUT2D eigenvalue weighted by molar-refractivity contribution is 6.11. The van der Waals surface area contributed by atoms with E-state index in [1.54, 1.807) is 6.20 Å². The number of rotatable bonds is 3. The van der Waals surface area contributed by atoms with Crippen molar-refractivity contribution in [3.05, 3.63) is 69.5 Å². The van der Waals surface area contributed by atoms with E-state index in [2.05, 4.69) is 10.2 Å². The van der Waals surface area contributed by atoms with Gasteiger partial charge in [0.2, 0.25) is 0 Å². The Balaban J connectivity index is 2.36. The number of Topliss-reactive ketones (excluding diaryl/α,β-unsaturated/α-hetero) is 1. The first kappa shape index (κ1) is 20.4. The largest absolute Gasteiger partial charge is 0.289 e. The highest BCUT2D eigenvalue weighted by Gasteiger charge is 2.33. The summed E-state index contributed by atoms with van der Waals surface area (Å²) in [6.07, 6.45) is 5.31. The summed E-state index contributed by atoms with van der Waals surface area (Å²) in [6, 6.07) is 5.85. The molecular formula is C21H25N3O3. The standard InChI is InChI=1S/C21H25N3O3/c1-20(2,3)17-11-14(12-18(19(17)25)21(4,5)6)13-22-23-15-7-9-16(10-8-15)24(26)27/h7-13H,1-6H3/b23-22+. The van der Waals surface area contributed by atoms with E-state index in [-0.39, 0.29) is 22.3 Å². The number of ketones is 1. The molecule has 0 spiro atoms. The Hall–Kier alpha value is -2.89. The molecule has 6 nitrogen and oxygen atoms in total. The van der Waals surface area contributed by atoms with Gasteiger partial charge in [-0.05, 0) is 40.7 Å². The molecule has 1 aliphatic rings. The molecule has 0 atom stereocenters. The van der Waals surface area contributed by atoms with E-state index in [1.165, 1.54) is 24.3 Å². The Morgan fingerprint density at radius 1 is 0.926 bits per heavy atom. The molecule has 0 N–H and O–H groups in total. The van der Waals surface area contributed by atoms with Gasteiger partial charge >= 0.3 is 0 Å². The number of allylic oxidation sites excluding steroid dienone is 5. The third-order valence-electron chi connectivity index (χ3n) is 4.17. The summed E-state index contributed by atoms with van der Waals surface area (Å²) in [5.41, 5.74) is 2.25. The number of benzene rings is 1. The van der Waals surface area contributed by atoms with Gasteiger partial charge in [0, 0.05) is 23.3 Å². The lowest BCUT2D eigenvalue weighted by molar-refractivity contribution is -0.384. The number of non-ortho nitro benzene ring substituents is 1. The van der Waals surface area contributed by atoms with Crippen molar-refractivity contribution in [1.82, 2.24) is 0 Å². The summed E-state index contributed by atoms with van der Waals surface area (Å²) >= 11 is 0. The van der Waals surface area contributed by atoms with Crippen LogP contribution in [0.5, 0.6) is 0 Å². The molecule has 0 unspecified atom stereocenters. The van der Waals surface area contributed by atoms with Gasteiger partial charge in [-0.15, -0.1) is 0 Å². The maximum Gasteiger partial charge on any atom is 0.269 e. The topological polar surface area (TPSA) is 84.9 Å². The van der Waals surface area contributed by atoms with Crippen molar-refractivity contribution in [2.24, 2.45) is 21.1 Å². The molecule has 142 valence electrons. The fourth-order valence-corrected chi connectivity index (χ4v) is 2.64. The average Bonchev–Trinajstić information content (AvgIpc) is 2.54. The summed E-state index contributed by atoms with van der Waals surface area (Å²) in [6.45, 7) is 12.1. The van der Waals surface area contributed by atoms with Crippen LogP contribution in [0.3, 0.4) is 0 Å². The molecule has 6 heteroatoms. The van der Waals surface area contributed by atoms with Crippen LogP contribution in [0.15, 0.2) is 69.6 Å². The second-order valence-corrected chi connectivity index (χ2v) is 8.56. The van der Waals surface area contributed by atoms with Gasteiger partial charge in [0.25, 0.3) is 5.69 Å². The lowest BCUT2D eigenvalue weighted by Gasteiger charge is -2.31. The first-order valence-electron chi connectivity index (χ1n) is 8.74. The highest BCUT2D eigenvalue weighted by atomic mass is 16.6. The Labute approximate surface area is 159 Å². The van der Waals surface area contributed by atoms with Crippen molar-refractivity contribution >= 4 is 17.2 Å². The van der Waals surface area contributed by atoms with E-state index < -0.39 is 4.92 Å². The number of nitrogens with zero attached hydrogens (tertiary/aromatic N) is 3. The molecule has 1 aromatic rings. The Morgan fingerprint density at radius 2 is 1.41 bits per heavy atom. The van der Waals surface area contributed by atoms with Gasteiger partial charge in [-0.1, -0.05) is 41.5 Å². The Bertz CT molecular complexity index is 839. The molecule has 2 rings (SSSR count). The molecule has 0 saturated heterocycles. The van der Waals surface area contributed by atoms with Crippen molar-refractivity contribution in [2.45, 2.75) is 41.5 Å². The maximum atomic E-state index is 12.9. The van der Waals surface area contributed by atoms with Gasteiger partial charge < -0.3 is 0 Å². The number of nitro groups is 1. The van der Waals surface area contributed by atoms with Gasteiger partial charge in [0.1, 0.15) is 0 Å². The molecule has 0 amide bonds. The summed E-state index contributed by atoms with van der Waals surface area (Å²) in [7, 11) is 0. The minimum Gasteiger partial charge on any atom is -0.289 e. The van der Waals surface area contributed by atoms with Gasteiger partial charge in [-0.3, -0.25) is 14.9 Å². The fraction of sp³-hybridized carbons (Fsp3) is 0.381. The van der Waals surface area contributed by atoms with Crippen molar-refractivity contribution in [3.63, 3.8) is 0 Å². The average molecular weight is 367 g/mol. The Kier molecular flexibility index (Phi) is 5.59. The summed E-state index contributed by atoms with van der Waals surface area (Å²) < 4.78 is 0. The zero-order chi connectivity index (χ0) is 20.4. The molecule has 0 saturated carbocycles. The van der Waals surface area contributed by atoms with Gasteiger partial charge in [0.15, 0.2) is 5.78 Å². The van der Waals surface area contributed by atoms with Crippen LogP contribution in [0, 0.1) is 20.9 Å². The monoisotopic (exact) mass is 367 g/mol. The van der Waals surface area contributed by atoms with Gasteiger partial charge in [-0.25, -0.2) is 0 Å². The molecule has 1 aromatic carbocycles. The lowest BCUT2D eigenvalue weighted by atomic mass is 9.72. The molecule has 27 heavy (non-hydrogen) atoms. The number of carbonyl (C=O) groups is 1. The van der Waals surface area contributed by atoms with Crippen LogP contribution in [-0.4, -0.2) is 10.7 Å². The van der Waals surface area contributed by atoms with E-state index in [0.29, 0.717) is 5.69 Å². The van der Waals surface area contributed by atoms with E-state index in [4.69, 9.17) is 0 Å². The quantitative estimate of drug-likeness (QED) is 0.368. The molecule has 0 radical (unpaired) electrons. The first-order valence-corrected chi connectivity index (χ1v) is 8.74. The van der Waals surface area contributed by atoms with Gasteiger partial charge in [-0.2, -0.15) is 10.2 Å². The van der Waals surface area contributed by atoms with Crippen LogP contribution in [0.4, 0.5) is 11.4 Å². The minimum atomic E-state index is -0.459. The van der Waals surface area contributed by atoms with Crippen LogP contribution >= 0.6 is 0 Å². The summed E-state index contributed by atoms with van der Waals surface area (Å²) in [5, 5.41) is 18.9. The van der Waals surface area contributed by atoms with E-state index in [1.807, 2.05) is 53.7 Å². The number of azo groups is 1. The normalized spacial score (nSPS) is 15.6. The molecule has 0 aromatic heterocycles. The van der Waals surface area contributed by atoms with Crippen LogP contribution < -0.4 is 0 Å². The third kappa shape index (κ3) is 5.06. The second-order valence-electron chi connectivity index (χ2n) is 8.56. The first-order chi connectivity index (χ1) is 12.4. The fourth-order valence-electron chi connectivity index (χ4n) is 2.64. The van der Waals surface area contributed by atoms with Crippen molar-refractivity contribution in [1.29, 1.82) is 0 Å². The smallest absolute Gasteiger partial charge is 0.269 e. The van der Waals surface area contributed by atoms with Crippen LogP contribution in [0.25, 0.3) is 0 Å². The Morgan fingerprint density at radius 3 is 1.81 bits per heavy atom. The minimum absolute atomic E-state index is 0.00796. The number of hydrogen-bond donors (Lipinski definition) is 0. The predicted molar refractivity (Wildman–Crippen MR) is 106 cm³/mol. The van der Waals surface area contributed by atoms with Crippen LogP contribution in [0.1, 0.15) is 41.5 Å². The summed E-state index contributed by atoms with van der Waals surface area (Å²) in [5.74, 6) is 0.0689. The van der Waals surface area contributed by atoms with Crippen LogP contribution in [-0.2, 0) is 4.79 Å². The highest BCUT2D eigenvalue weighted by Crippen LogP contribution is 2.38. The molecule has 1 aliphatic carbocycles. The predicted octanol–water partition coefficient (Wildman–Crippen LogP) is 6.09. The van der Waals surface area contributed by atoms with Crippen molar-refractivity contribution in [3.8, 4) is 0 Å². The molecular weight excluding hydrogens is 342 g/mol. The number of carbonyl (C=O) groups excluding carboxylic acids is 1. The number of nitro benzene ring substituents is 1.